The van der Waals surface area contributed by atoms with Crippen LogP contribution in [0.3, 0.4) is 0 Å². The second-order valence-corrected chi connectivity index (χ2v) is 14.5. The lowest BCUT2D eigenvalue weighted by atomic mass is 9.46. The minimum Gasteiger partial charge on any atom is -0.390 e. The Kier molecular flexibility index (Phi) is 7.06. The van der Waals surface area contributed by atoms with E-state index in [4.69, 9.17) is 4.74 Å². The summed E-state index contributed by atoms with van der Waals surface area (Å²) in [5.41, 5.74) is 1.37. The zero-order chi connectivity index (χ0) is 25.1. The molecular formula is C32H54O3. The molecule has 9 atom stereocenters. The zero-order valence-electron chi connectivity index (χ0n) is 23.5. The Balaban J connectivity index is 1.26. The van der Waals surface area contributed by atoms with Crippen molar-refractivity contribution in [1.29, 1.82) is 0 Å². The first-order chi connectivity index (χ1) is 16.5. The Morgan fingerprint density at radius 2 is 1.80 bits per heavy atom. The molecule has 1 saturated heterocycles. The summed E-state index contributed by atoms with van der Waals surface area (Å²) in [4.78, 5) is 0. The van der Waals surface area contributed by atoms with E-state index in [9.17, 15) is 10.2 Å². The minimum atomic E-state index is -0.546. The molecule has 4 fully saturated rings. The van der Waals surface area contributed by atoms with E-state index in [2.05, 4.69) is 40.7 Å². The van der Waals surface area contributed by atoms with E-state index in [-0.39, 0.29) is 0 Å². The average molecular weight is 487 g/mol. The maximum atomic E-state index is 11.3. The van der Waals surface area contributed by atoms with E-state index in [0.29, 0.717) is 22.7 Å². The summed E-state index contributed by atoms with van der Waals surface area (Å²) in [5, 5.41) is 22.3. The Morgan fingerprint density at radius 1 is 1.06 bits per heavy atom. The van der Waals surface area contributed by atoms with E-state index < -0.39 is 11.2 Å². The van der Waals surface area contributed by atoms with Gasteiger partial charge in [0.2, 0.25) is 0 Å². The van der Waals surface area contributed by atoms with Crippen LogP contribution in [0.5, 0.6) is 0 Å². The van der Waals surface area contributed by atoms with Gasteiger partial charge in [-0.25, -0.2) is 0 Å². The van der Waals surface area contributed by atoms with E-state index >= 15 is 0 Å². The Morgan fingerprint density at radius 3 is 2.51 bits per heavy atom. The van der Waals surface area contributed by atoms with Crippen LogP contribution in [-0.4, -0.2) is 34.6 Å². The molecule has 3 heteroatoms. The average Bonchev–Trinajstić information content (AvgIpc) is 3.21. The van der Waals surface area contributed by atoms with Crippen molar-refractivity contribution in [1.82, 2.24) is 0 Å². The molecule has 4 aliphatic carbocycles. The summed E-state index contributed by atoms with van der Waals surface area (Å²) in [6.45, 7) is 13.6. The predicted molar refractivity (Wildman–Crippen MR) is 143 cm³/mol. The van der Waals surface area contributed by atoms with E-state index in [1.165, 1.54) is 38.5 Å². The molecule has 5 aliphatic rings. The number of ether oxygens (including phenoxy) is 1. The molecule has 0 radical (unpaired) electrons. The van der Waals surface area contributed by atoms with Gasteiger partial charge >= 0.3 is 0 Å². The zero-order valence-corrected chi connectivity index (χ0v) is 23.5. The Hall–Kier alpha value is -0.380. The quantitative estimate of drug-likeness (QED) is 0.387. The molecule has 0 aromatic heterocycles. The number of hydrogen-bond acceptors (Lipinski definition) is 3. The summed E-state index contributed by atoms with van der Waals surface area (Å²) < 4.78 is 5.55. The Labute approximate surface area is 215 Å². The molecule has 0 spiro atoms. The van der Waals surface area contributed by atoms with Gasteiger partial charge in [-0.2, -0.15) is 0 Å². The van der Waals surface area contributed by atoms with Crippen LogP contribution < -0.4 is 0 Å². The minimum absolute atomic E-state index is 0.317. The van der Waals surface area contributed by atoms with E-state index in [1.807, 2.05) is 0 Å². The van der Waals surface area contributed by atoms with Crippen molar-refractivity contribution in [2.75, 3.05) is 13.2 Å². The molecular weight excluding hydrogens is 432 g/mol. The first-order valence-corrected chi connectivity index (χ1v) is 15.2. The highest BCUT2D eigenvalue weighted by Crippen LogP contribution is 2.68. The van der Waals surface area contributed by atoms with Crippen molar-refractivity contribution < 1.29 is 14.9 Å². The third kappa shape index (κ3) is 4.48. The van der Waals surface area contributed by atoms with Crippen LogP contribution in [0.4, 0.5) is 0 Å². The van der Waals surface area contributed by atoms with Gasteiger partial charge in [0.25, 0.3) is 0 Å². The fraction of sp³-hybridized carbons (Fsp3) is 0.938. The lowest BCUT2D eigenvalue weighted by molar-refractivity contribution is -0.0797. The second kappa shape index (κ2) is 9.42. The third-order valence-electron chi connectivity index (χ3n) is 12.9. The number of fused-ring (bicyclic) bond motifs is 5. The SMILES string of the molecule is CC[C@]1(O)CC[C@@]2(C)C(=CC[C@H]3[C@@H]4CC[C@H]([C@H](C)CCC(C)(O)C5CCOCC5)[C@@]4(C)CC[C@@H]32)C1. The fourth-order valence-corrected chi connectivity index (χ4v) is 10.2. The lowest BCUT2D eigenvalue weighted by Crippen LogP contribution is -2.52. The van der Waals surface area contributed by atoms with Crippen LogP contribution in [0.25, 0.3) is 0 Å². The largest absolute Gasteiger partial charge is 0.390 e. The van der Waals surface area contributed by atoms with E-state index in [0.717, 1.165) is 81.8 Å². The van der Waals surface area contributed by atoms with Gasteiger partial charge in [-0.15, -0.1) is 0 Å². The van der Waals surface area contributed by atoms with Crippen molar-refractivity contribution >= 4 is 0 Å². The monoisotopic (exact) mass is 486 g/mol. The van der Waals surface area contributed by atoms with Crippen LogP contribution in [0.15, 0.2) is 11.6 Å². The Bertz CT molecular complexity index is 797. The predicted octanol–water partition coefficient (Wildman–Crippen LogP) is 7.30. The highest BCUT2D eigenvalue weighted by atomic mass is 16.5. The van der Waals surface area contributed by atoms with Gasteiger partial charge in [-0.3, -0.25) is 0 Å². The van der Waals surface area contributed by atoms with Gasteiger partial charge in [-0.1, -0.05) is 39.3 Å². The highest BCUT2D eigenvalue weighted by Gasteiger charge is 2.59. The van der Waals surface area contributed by atoms with Crippen LogP contribution in [0, 0.1) is 46.3 Å². The van der Waals surface area contributed by atoms with Crippen molar-refractivity contribution in [2.45, 2.75) is 129 Å². The lowest BCUT2D eigenvalue weighted by Gasteiger charge is -2.59. The maximum absolute atomic E-state index is 11.3. The summed E-state index contributed by atoms with van der Waals surface area (Å²) in [6, 6.07) is 0. The molecule has 200 valence electrons. The maximum Gasteiger partial charge on any atom is 0.0682 e. The molecule has 1 unspecified atom stereocenters. The van der Waals surface area contributed by atoms with Crippen molar-refractivity contribution in [3.8, 4) is 0 Å². The van der Waals surface area contributed by atoms with Crippen molar-refractivity contribution in [3.05, 3.63) is 11.6 Å². The van der Waals surface area contributed by atoms with Gasteiger partial charge in [0, 0.05) is 13.2 Å². The van der Waals surface area contributed by atoms with Crippen LogP contribution in [0.1, 0.15) is 118 Å². The molecule has 3 nitrogen and oxygen atoms in total. The molecule has 3 saturated carbocycles. The molecule has 1 heterocycles. The van der Waals surface area contributed by atoms with Crippen molar-refractivity contribution in [2.24, 2.45) is 46.3 Å². The first-order valence-electron chi connectivity index (χ1n) is 15.2. The smallest absolute Gasteiger partial charge is 0.0682 e. The molecule has 0 bridgehead atoms. The summed E-state index contributed by atoms with van der Waals surface area (Å²) in [6.07, 6.45) is 17.5. The molecule has 0 aromatic rings. The van der Waals surface area contributed by atoms with Crippen LogP contribution in [0.2, 0.25) is 0 Å². The molecule has 0 aromatic carbocycles. The molecule has 2 N–H and O–H groups in total. The number of hydrogen-bond donors (Lipinski definition) is 2. The van der Waals surface area contributed by atoms with Gasteiger partial charge in [0.05, 0.1) is 11.2 Å². The van der Waals surface area contributed by atoms with Crippen LogP contribution in [-0.2, 0) is 4.74 Å². The molecule has 35 heavy (non-hydrogen) atoms. The standard InChI is InChI=1S/C32H54O3/c1-6-32(34)18-17-29(3)24(21-32)7-8-25-27-10-9-26(30(27,4)15-12-28(25)29)22(2)11-16-31(5,33)23-13-19-35-20-14-23/h7,22-23,25-28,33-34H,6,8-21H2,1-5H3/t22-,25+,26-,27+,28+,29+,30-,31?,32+/m1/s1. The molecule has 0 amide bonds. The number of rotatable bonds is 6. The normalized spacial score (nSPS) is 46.7. The number of allylic oxidation sites excluding steroid dienone is 1. The van der Waals surface area contributed by atoms with Gasteiger partial charge < -0.3 is 14.9 Å². The van der Waals surface area contributed by atoms with Gasteiger partial charge in [-0.05, 0) is 137 Å². The van der Waals surface area contributed by atoms with Crippen LogP contribution >= 0.6 is 0 Å². The first kappa shape index (κ1) is 26.2. The summed E-state index contributed by atoms with van der Waals surface area (Å²) >= 11 is 0. The molecule has 5 rings (SSSR count). The highest BCUT2D eigenvalue weighted by molar-refractivity contribution is 5.27. The van der Waals surface area contributed by atoms with Gasteiger partial charge in [0.1, 0.15) is 0 Å². The summed E-state index contributed by atoms with van der Waals surface area (Å²) in [5.74, 6) is 4.38. The number of aliphatic hydroxyl groups is 2. The third-order valence-corrected chi connectivity index (χ3v) is 12.9. The van der Waals surface area contributed by atoms with Gasteiger partial charge in [0.15, 0.2) is 0 Å². The van der Waals surface area contributed by atoms with Crippen molar-refractivity contribution in [3.63, 3.8) is 0 Å². The topological polar surface area (TPSA) is 49.7 Å². The fourth-order valence-electron chi connectivity index (χ4n) is 10.2. The summed E-state index contributed by atoms with van der Waals surface area (Å²) in [7, 11) is 0. The second-order valence-electron chi connectivity index (χ2n) is 14.5. The van der Waals surface area contributed by atoms with E-state index in [1.54, 1.807) is 5.57 Å². The molecule has 1 aliphatic heterocycles.